The van der Waals surface area contributed by atoms with E-state index in [1.165, 1.54) is 24.5 Å². The summed E-state index contributed by atoms with van der Waals surface area (Å²) in [5.41, 5.74) is 0.345. The zero-order valence-corrected chi connectivity index (χ0v) is 11.8. The number of hydrogen-bond acceptors (Lipinski definition) is 5. The van der Waals surface area contributed by atoms with Gasteiger partial charge in [0.05, 0.1) is 12.4 Å². The minimum atomic E-state index is -4.48. The normalized spacial score (nSPS) is 11.5. The number of nitrogens with zero attached hydrogens (tertiary/aromatic N) is 4. The molecule has 0 saturated heterocycles. The lowest BCUT2D eigenvalue weighted by molar-refractivity contribution is -0.154. The third-order valence-corrected chi connectivity index (χ3v) is 2.66. The summed E-state index contributed by atoms with van der Waals surface area (Å²) in [6.45, 7) is -1.94. The molecule has 0 spiro atoms. The lowest BCUT2D eigenvalue weighted by Crippen LogP contribution is -2.22. The van der Waals surface area contributed by atoms with E-state index in [0.717, 1.165) is 4.68 Å². The van der Waals surface area contributed by atoms with E-state index in [1.54, 1.807) is 0 Å². The molecule has 0 aliphatic carbocycles. The molecule has 23 heavy (non-hydrogen) atoms. The number of rotatable bonds is 6. The Balaban J connectivity index is 2.14. The van der Waals surface area contributed by atoms with E-state index in [1.807, 2.05) is 0 Å². The maximum absolute atomic E-state index is 12.2. The second-order valence-corrected chi connectivity index (χ2v) is 4.48. The van der Waals surface area contributed by atoms with Gasteiger partial charge in [0.25, 0.3) is 5.56 Å². The Morgan fingerprint density at radius 2 is 1.87 bits per heavy atom. The van der Waals surface area contributed by atoms with Crippen LogP contribution in [0.2, 0.25) is 0 Å². The predicted octanol–water partition coefficient (Wildman–Crippen LogP) is 2.00. The van der Waals surface area contributed by atoms with Crippen LogP contribution in [0.15, 0.2) is 29.3 Å². The fourth-order valence-electron chi connectivity index (χ4n) is 1.64. The third kappa shape index (κ3) is 5.01. The van der Waals surface area contributed by atoms with Crippen molar-refractivity contribution in [3.05, 3.63) is 34.9 Å². The highest BCUT2D eigenvalue weighted by atomic mass is 19.4. The van der Waals surface area contributed by atoms with Crippen LogP contribution in [0.4, 0.5) is 17.6 Å². The van der Waals surface area contributed by atoms with E-state index >= 15 is 0 Å². The van der Waals surface area contributed by atoms with Gasteiger partial charge in [-0.2, -0.15) is 18.3 Å². The Labute approximate surface area is 127 Å². The first-order valence-corrected chi connectivity index (χ1v) is 6.55. The summed E-state index contributed by atoms with van der Waals surface area (Å²) in [5.74, 6) is 0. The molecule has 2 aromatic heterocycles. The fourth-order valence-corrected chi connectivity index (χ4v) is 1.64. The molecule has 0 aromatic carbocycles. The molecule has 0 unspecified atom stereocenters. The average molecular weight is 332 g/mol. The van der Waals surface area contributed by atoms with Crippen LogP contribution in [0.3, 0.4) is 0 Å². The van der Waals surface area contributed by atoms with Crippen LogP contribution < -0.4 is 10.3 Å². The van der Waals surface area contributed by atoms with Gasteiger partial charge in [0, 0.05) is 30.6 Å². The van der Waals surface area contributed by atoms with Crippen LogP contribution >= 0.6 is 0 Å². The standard InChI is InChI=1S/C13H12F4N4O2/c14-4-1-5-21-11(22)3-2-10(20-21)9-6-18-12(19-7-9)23-8-13(15,16)17/h2-3,6-7H,1,4-5,8H2. The van der Waals surface area contributed by atoms with Crippen molar-refractivity contribution in [3.63, 3.8) is 0 Å². The molecule has 2 aromatic rings. The minimum Gasteiger partial charge on any atom is -0.454 e. The summed E-state index contributed by atoms with van der Waals surface area (Å²) in [7, 11) is 0. The molecule has 2 heterocycles. The smallest absolute Gasteiger partial charge is 0.422 e. The van der Waals surface area contributed by atoms with Gasteiger partial charge in [-0.25, -0.2) is 14.6 Å². The lowest BCUT2D eigenvalue weighted by Gasteiger charge is -2.08. The van der Waals surface area contributed by atoms with Crippen LogP contribution in [-0.2, 0) is 6.54 Å². The van der Waals surface area contributed by atoms with Crippen molar-refractivity contribution in [3.8, 4) is 17.3 Å². The van der Waals surface area contributed by atoms with Crippen molar-refractivity contribution in [1.82, 2.24) is 19.7 Å². The van der Waals surface area contributed by atoms with Gasteiger partial charge in [0.1, 0.15) is 0 Å². The van der Waals surface area contributed by atoms with Crippen LogP contribution in [0.5, 0.6) is 6.01 Å². The molecule has 10 heteroatoms. The molecular formula is C13H12F4N4O2. The summed E-state index contributed by atoms with van der Waals surface area (Å²) in [4.78, 5) is 18.9. The number of aromatic nitrogens is 4. The van der Waals surface area contributed by atoms with Gasteiger partial charge in [0.15, 0.2) is 6.61 Å². The van der Waals surface area contributed by atoms with Crippen LogP contribution in [0, 0.1) is 0 Å². The average Bonchev–Trinajstić information content (AvgIpc) is 2.52. The Morgan fingerprint density at radius 3 is 2.48 bits per heavy atom. The van der Waals surface area contributed by atoms with Gasteiger partial charge in [-0.05, 0) is 12.5 Å². The molecule has 0 aliphatic heterocycles. The molecular weight excluding hydrogens is 320 g/mol. The number of ether oxygens (including phenoxy) is 1. The molecule has 0 saturated carbocycles. The van der Waals surface area contributed by atoms with E-state index in [4.69, 9.17) is 0 Å². The summed E-state index contributed by atoms with van der Waals surface area (Å²) in [6, 6.07) is 2.26. The number of hydrogen-bond donors (Lipinski definition) is 0. The largest absolute Gasteiger partial charge is 0.454 e. The molecule has 0 bridgehead atoms. The Hall–Kier alpha value is -2.52. The van der Waals surface area contributed by atoms with Crippen molar-refractivity contribution in [1.29, 1.82) is 0 Å². The maximum Gasteiger partial charge on any atom is 0.422 e. The first-order chi connectivity index (χ1) is 10.9. The van der Waals surface area contributed by atoms with Gasteiger partial charge in [-0.15, -0.1) is 0 Å². The van der Waals surface area contributed by atoms with E-state index < -0.39 is 25.5 Å². The Bertz CT molecular complexity index is 700. The van der Waals surface area contributed by atoms with Crippen molar-refractivity contribution >= 4 is 0 Å². The first kappa shape index (κ1) is 16.8. The monoisotopic (exact) mass is 332 g/mol. The van der Waals surface area contributed by atoms with Gasteiger partial charge < -0.3 is 4.74 Å². The van der Waals surface area contributed by atoms with Crippen molar-refractivity contribution in [2.75, 3.05) is 13.3 Å². The summed E-state index contributed by atoms with van der Waals surface area (Å²) >= 11 is 0. The van der Waals surface area contributed by atoms with Crippen molar-refractivity contribution < 1.29 is 22.3 Å². The van der Waals surface area contributed by atoms with Crippen LogP contribution in [-0.4, -0.2) is 39.2 Å². The fraction of sp³-hybridized carbons (Fsp3) is 0.385. The SMILES string of the molecule is O=c1ccc(-c2cnc(OCC(F)(F)F)nc2)nn1CCCF. The third-order valence-electron chi connectivity index (χ3n) is 2.66. The van der Waals surface area contributed by atoms with E-state index in [9.17, 15) is 22.4 Å². The second-order valence-electron chi connectivity index (χ2n) is 4.48. The van der Waals surface area contributed by atoms with Crippen molar-refractivity contribution in [2.24, 2.45) is 0 Å². The zero-order valence-electron chi connectivity index (χ0n) is 11.8. The van der Waals surface area contributed by atoms with E-state index in [-0.39, 0.29) is 18.5 Å². The molecule has 0 fully saturated rings. The zero-order chi connectivity index (χ0) is 16.9. The highest BCUT2D eigenvalue weighted by Gasteiger charge is 2.28. The molecule has 2 rings (SSSR count). The maximum atomic E-state index is 12.2. The van der Waals surface area contributed by atoms with Gasteiger partial charge in [-0.1, -0.05) is 0 Å². The number of halogens is 4. The summed E-state index contributed by atoms with van der Waals surface area (Å²) in [5, 5.41) is 4.03. The molecule has 0 amide bonds. The highest BCUT2D eigenvalue weighted by Crippen LogP contribution is 2.18. The molecule has 0 atom stereocenters. The Kier molecular flexibility index (Phi) is 5.24. The Morgan fingerprint density at radius 1 is 1.17 bits per heavy atom. The number of aryl methyl sites for hydroxylation is 1. The van der Waals surface area contributed by atoms with Gasteiger partial charge in [-0.3, -0.25) is 9.18 Å². The molecule has 124 valence electrons. The minimum absolute atomic E-state index is 0.122. The molecule has 0 N–H and O–H groups in total. The first-order valence-electron chi connectivity index (χ1n) is 6.55. The van der Waals surface area contributed by atoms with Gasteiger partial charge >= 0.3 is 12.2 Å². The van der Waals surface area contributed by atoms with E-state index in [2.05, 4.69) is 19.8 Å². The van der Waals surface area contributed by atoms with Gasteiger partial charge in [0.2, 0.25) is 0 Å². The van der Waals surface area contributed by atoms with Crippen LogP contribution in [0.25, 0.3) is 11.3 Å². The predicted molar refractivity (Wildman–Crippen MR) is 71.7 cm³/mol. The van der Waals surface area contributed by atoms with E-state index in [0.29, 0.717) is 11.3 Å². The number of alkyl halides is 4. The topological polar surface area (TPSA) is 69.9 Å². The summed E-state index contributed by atoms with van der Waals surface area (Å²) in [6.07, 6.45) is -1.87. The second kappa shape index (κ2) is 7.16. The molecule has 6 nitrogen and oxygen atoms in total. The quantitative estimate of drug-likeness (QED) is 0.757. The lowest BCUT2D eigenvalue weighted by atomic mass is 10.2. The highest BCUT2D eigenvalue weighted by molar-refractivity contribution is 5.55. The van der Waals surface area contributed by atoms with Crippen LogP contribution in [0.1, 0.15) is 6.42 Å². The summed E-state index contributed by atoms with van der Waals surface area (Å²) < 4.78 is 53.7. The van der Waals surface area contributed by atoms with Crippen molar-refractivity contribution in [2.45, 2.75) is 19.1 Å². The molecule has 0 aliphatic rings. The molecule has 0 radical (unpaired) electrons.